The fourth-order valence-corrected chi connectivity index (χ4v) is 3.69. The molecule has 1 saturated heterocycles. The zero-order valence-corrected chi connectivity index (χ0v) is 16.4. The van der Waals surface area contributed by atoms with Crippen molar-refractivity contribution in [1.82, 2.24) is 4.90 Å². The third kappa shape index (κ3) is 3.75. The summed E-state index contributed by atoms with van der Waals surface area (Å²) >= 11 is 0. The molecule has 1 amide bonds. The van der Waals surface area contributed by atoms with Gasteiger partial charge in [0.05, 0.1) is 14.2 Å². The average Bonchev–Trinajstić information content (AvgIpc) is 2.57. The summed E-state index contributed by atoms with van der Waals surface area (Å²) in [6, 6.07) is 0. The molecular formula is C18H31NO6. The van der Waals surface area contributed by atoms with Gasteiger partial charge in [-0.2, -0.15) is 0 Å². The molecule has 0 spiro atoms. The third-order valence-corrected chi connectivity index (χ3v) is 4.91. The minimum atomic E-state index is -1.25. The number of nitrogens with zero attached hydrogens (tertiary/aromatic N) is 1. The molecule has 25 heavy (non-hydrogen) atoms. The van der Waals surface area contributed by atoms with E-state index in [1.54, 1.807) is 34.6 Å². The van der Waals surface area contributed by atoms with Crippen molar-refractivity contribution in [2.24, 2.45) is 0 Å². The van der Waals surface area contributed by atoms with Gasteiger partial charge >= 0.3 is 18.0 Å². The van der Waals surface area contributed by atoms with Crippen molar-refractivity contribution in [3.8, 4) is 0 Å². The van der Waals surface area contributed by atoms with Crippen molar-refractivity contribution < 1.29 is 28.6 Å². The Morgan fingerprint density at radius 1 is 0.920 bits per heavy atom. The Balaban J connectivity index is 3.59. The van der Waals surface area contributed by atoms with Gasteiger partial charge in [-0.1, -0.05) is 13.8 Å². The Morgan fingerprint density at radius 2 is 1.32 bits per heavy atom. The fourth-order valence-electron chi connectivity index (χ4n) is 3.69. The number of ether oxygens (including phenoxy) is 3. The van der Waals surface area contributed by atoms with Crippen molar-refractivity contribution >= 4 is 18.0 Å². The second kappa shape index (κ2) is 7.62. The van der Waals surface area contributed by atoms with Gasteiger partial charge in [0.15, 0.2) is 0 Å². The van der Waals surface area contributed by atoms with E-state index in [0.29, 0.717) is 32.1 Å². The molecule has 0 bridgehead atoms. The SMILES string of the molecule is CC[C@]1(C(=O)OC)CCC[C@](CC)(C(=O)OC)N1C(=O)OC(C)(C)C. The van der Waals surface area contributed by atoms with Gasteiger partial charge < -0.3 is 14.2 Å². The number of hydrogen-bond donors (Lipinski definition) is 0. The van der Waals surface area contributed by atoms with Crippen LogP contribution in [0.2, 0.25) is 0 Å². The number of methoxy groups -OCH3 is 2. The van der Waals surface area contributed by atoms with Crippen LogP contribution in [0.3, 0.4) is 0 Å². The molecule has 2 atom stereocenters. The zero-order chi connectivity index (χ0) is 19.5. The van der Waals surface area contributed by atoms with Crippen molar-refractivity contribution in [2.75, 3.05) is 14.2 Å². The number of likely N-dealkylation sites (tertiary alicyclic amines) is 1. The molecule has 7 nitrogen and oxygen atoms in total. The number of piperidine rings is 1. The summed E-state index contributed by atoms with van der Waals surface area (Å²) in [5.41, 5.74) is -3.27. The van der Waals surface area contributed by atoms with Crippen LogP contribution in [0.15, 0.2) is 0 Å². The van der Waals surface area contributed by atoms with Gasteiger partial charge in [-0.25, -0.2) is 14.4 Å². The van der Waals surface area contributed by atoms with E-state index in [-0.39, 0.29) is 0 Å². The van der Waals surface area contributed by atoms with Crippen molar-refractivity contribution in [2.45, 2.75) is 83.4 Å². The molecule has 1 rings (SSSR count). The molecule has 1 heterocycles. The molecule has 1 aliphatic heterocycles. The van der Waals surface area contributed by atoms with Crippen LogP contribution in [0.25, 0.3) is 0 Å². The summed E-state index contributed by atoms with van der Waals surface area (Å²) in [5.74, 6) is -1.08. The standard InChI is InChI=1S/C18H31NO6/c1-8-17(13(20)23-6)11-10-12-18(9-2,14(21)24-7)19(17)15(22)25-16(3,4)5/h8-12H2,1-7H3/t17-,18-/m1/s1. The predicted molar refractivity (Wildman–Crippen MR) is 92.0 cm³/mol. The maximum absolute atomic E-state index is 13.1. The minimum Gasteiger partial charge on any atom is -0.467 e. The van der Waals surface area contributed by atoms with Crippen LogP contribution in [-0.2, 0) is 23.8 Å². The Hall–Kier alpha value is -1.79. The van der Waals surface area contributed by atoms with Crippen LogP contribution < -0.4 is 0 Å². The molecule has 0 aromatic carbocycles. The Labute approximate surface area is 150 Å². The van der Waals surface area contributed by atoms with Gasteiger partial charge in [0.25, 0.3) is 0 Å². The number of carbonyl (C=O) groups is 3. The second-order valence-corrected chi connectivity index (χ2v) is 7.42. The number of carbonyl (C=O) groups excluding carboxylic acids is 3. The normalized spacial score (nSPS) is 26.8. The molecule has 0 unspecified atom stereocenters. The van der Waals surface area contributed by atoms with Gasteiger partial charge in [-0.05, 0) is 52.9 Å². The lowest BCUT2D eigenvalue weighted by Crippen LogP contribution is -2.71. The first-order valence-corrected chi connectivity index (χ1v) is 8.74. The molecule has 0 aromatic rings. The van der Waals surface area contributed by atoms with E-state index in [1.807, 2.05) is 0 Å². The second-order valence-electron chi connectivity index (χ2n) is 7.42. The number of rotatable bonds is 4. The average molecular weight is 357 g/mol. The van der Waals surface area contributed by atoms with E-state index >= 15 is 0 Å². The summed E-state index contributed by atoms with van der Waals surface area (Å²) in [5, 5.41) is 0. The van der Waals surface area contributed by atoms with Crippen molar-refractivity contribution in [3.63, 3.8) is 0 Å². The van der Waals surface area contributed by atoms with Crippen LogP contribution in [0, 0.1) is 0 Å². The number of hydrogen-bond acceptors (Lipinski definition) is 6. The first-order valence-electron chi connectivity index (χ1n) is 8.74. The van der Waals surface area contributed by atoms with E-state index in [2.05, 4.69) is 0 Å². The Morgan fingerprint density at radius 3 is 1.60 bits per heavy atom. The molecule has 0 saturated carbocycles. The Kier molecular flexibility index (Phi) is 6.48. The molecule has 0 aromatic heterocycles. The van der Waals surface area contributed by atoms with Gasteiger partial charge in [0.2, 0.25) is 0 Å². The van der Waals surface area contributed by atoms with Gasteiger partial charge in [0.1, 0.15) is 16.7 Å². The van der Waals surface area contributed by atoms with Crippen LogP contribution in [0.1, 0.15) is 66.7 Å². The highest BCUT2D eigenvalue weighted by Crippen LogP contribution is 2.44. The molecule has 0 aliphatic carbocycles. The van der Waals surface area contributed by atoms with Crippen molar-refractivity contribution in [1.29, 1.82) is 0 Å². The quantitative estimate of drug-likeness (QED) is 0.568. The van der Waals surface area contributed by atoms with E-state index < -0.39 is 34.7 Å². The summed E-state index contributed by atoms with van der Waals surface area (Å²) in [4.78, 5) is 39.8. The lowest BCUT2D eigenvalue weighted by molar-refractivity contribution is -0.178. The molecular weight excluding hydrogens is 326 g/mol. The molecule has 0 N–H and O–H groups in total. The number of amides is 1. The van der Waals surface area contributed by atoms with E-state index in [0.717, 1.165) is 0 Å². The molecule has 1 aliphatic rings. The maximum Gasteiger partial charge on any atom is 0.412 e. The van der Waals surface area contributed by atoms with E-state index in [1.165, 1.54) is 19.1 Å². The Bertz CT molecular complexity index is 494. The summed E-state index contributed by atoms with van der Waals surface area (Å²) in [6.07, 6.45) is 1.36. The van der Waals surface area contributed by atoms with Crippen LogP contribution in [0.4, 0.5) is 4.79 Å². The predicted octanol–water partition coefficient (Wildman–Crippen LogP) is 3.05. The monoisotopic (exact) mass is 357 g/mol. The number of esters is 2. The van der Waals surface area contributed by atoms with Gasteiger partial charge in [-0.15, -0.1) is 0 Å². The smallest absolute Gasteiger partial charge is 0.412 e. The molecule has 144 valence electrons. The van der Waals surface area contributed by atoms with Crippen LogP contribution in [-0.4, -0.2) is 53.8 Å². The van der Waals surface area contributed by atoms with Crippen LogP contribution in [0.5, 0.6) is 0 Å². The van der Waals surface area contributed by atoms with E-state index in [9.17, 15) is 14.4 Å². The van der Waals surface area contributed by atoms with Gasteiger partial charge in [-0.3, -0.25) is 4.90 Å². The maximum atomic E-state index is 13.1. The largest absolute Gasteiger partial charge is 0.467 e. The highest BCUT2D eigenvalue weighted by Gasteiger charge is 2.61. The highest BCUT2D eigenvalue weighted by molar-refractivity contribution is 5.92. The third-order valence-electron chi connectivity index (χ3n) is 4.91. The summed E-state index contributed by atoms with van der Waals surface area (Å²) < 4.78 is 15.6. The minimum absolute atomic E-state index is 0.317. The first-order chi connectivity index (χ1) is 11.5. The lowest BCUT2D eigenvalue weighted by atomic mass is 9.73. The molecule has 1 fully saturated rings. The zero-order valence-electron chi connectivity index (χ0n) is 16.4. The first kappa shape index (κ1) is 21.3. The molecule has 0 radical (unpaired) electrons. The van der Waals surface area contributed by atoms with E-state index in [4.69, 9.17) is 14.2 Å². The fraction of sp³-hybridized carbons (Fsp3) is 0.833. The topological polar surface area (TPSA) is 82.1 Å². The lowest BCUT2D eigenvalue weighted by Gasteiger charge is -2.53. The summed E-state index contributed by atoms with van der Waals surface area (Å²) in [7, 11) is 2.57. The van der Waals surface area contributed by atoms with Gasteiger partial charge in [0, 0.05) is 0 Å². The molecule has 7 heteroatoms. The van der Waals surface area contributed by atoms with Crippen LogP contribution >= 0.6 is 0 Å². The summed E-state index contributed by atoms with van der Waals surface area (Å²) in [6.45, 7) is 8.83. The highest BCUT2D eigenvalue weighted by atomic mass is 16.6. The van der Waals surface area contributed by atoms with Crippen molar-refractivity contribution in [3.05, 3.63) is 0 Å².